The predicted octanol–water partition coefficient (Wildman–Crippen LogP) is 2.33. The second-order valence-electron chi connectivity index (χ2n) is 4.64. The fourth-order valence-corrected chi connectivity index (χ4v) is 1.91. The number of nitrogens with zero attached hydrogens (tertiary/aromatic N) is 1. The molecule has 0 atom stereocenters. The molecule has 0 spiro atoms. The molecule has 1 aromatic carbocycles. The molecule has 0 fully saturated rings. The standard InChI is InChI=1S/C16H11NO5/c1-9-15(19)17-13(22-16(9)20)7-6-10-8-21-12-5-3-2-4-11(12)14(10)18/h2-8,19H,1H3. The Hall–Kier alpha value is -3.15. The van der Waals surface area contributed by atoms with Crippen molar-refractivity contribution in [2.24, 2.45) is 0 Å². The van der Waals surface area contributed by atoms with Crippen LogP contribution in [0.5, 0.6) is 5.88 Å². The first-order valence-electron chi connectivity index (χ1n) is 6.45. The van der Waals surface area contributed by atoms with Crippen LogP contribution in [0.1, 0.15) is 17.0 Å². The van der Waals surface area contributed by atoms with Gasteiger partial charge in [0, 0.05) is 6.08 Å². The van der Waals surface area contributed by atoms with Crippen LogP contribution in [0, 0.1) is 6.92 Å². The zero-order valence-electron chi connectivity index (χ0n) is 11.6. The molecule has 110 valence electrons. The van der Waals surface area contributed by atoms with E-state index in [0.717, 1.165) is 0 Å². The Morgan fingerprint density at radius 2 is 1.95 bits per heavy atom. The minimum absolute atomic E-state index is 0.0300. The van der Waals surface area contributed by atoms with Crippen LogP contribution in [0.25, 0.3) is 23.1 Å². The molecule has 0 amide bonds. The maximum atomic E-state index is 12.3. The van der Waals surface area contributed by atoms with Crippen LogP contribution >= 0.6 is 0 Å². The van der Waals surface area contributed by atoms with E-state index in [1.54, 1.807) is 24.3 Å². The van der Waals surface area contributed by atoms with E-state index in [1.165, 1.54) is 25.3 Å². The first-order valence-corrected chi connectivity index (χ1v) is 6.45. The van der Waals surface area contributed by atoms with Crippen LogP contribution in [-0.2, 0) is 0 Å². The van der Waals surface area contributed by atoms with Crippen LogP contribution in [0.15, 0.2) is 49.0 Å². The van der Waals surface area contributed by atoms with Crippen molar-refractivity contribution in [3.05, 3.63) is 68.2 Å². The molecule has 0 saturated heterocycles. The summed E-state index contributed by atoms with van der Waals surface area (Å²) in [7, 11) is 0. The molecule has 3 aromatic rings. The third-order valence-electron chi connectivity index (χ3n) is 3.17. The number of fused-ring (bicyclic) bond motifs is 1. The third-order valence-corrected chi connectivity index (χ3v) is 3.17. The van der Waals surface area contributed by atoms with E-state index in [0.29, 0.717) is 11.0 Å². The van der Waals surface area contributed by atoms with E-state index in [9.17, 15) is 14.7 Å². The second-order valence-corrected chi connectivity index (χ2v) is 4.64. The molecule has 0 aliphatic carbocycles. The highest BCUT2D eigenvalue weighted by molar-refractivity contribution is 5.79. The van der Waals surface area contributed by atoms with Gasteiger partial charge in [-0.2, -0.15) is 4.98 Å². The zero-order chi connectivity index (χ0) is 15.7. The lowest BCUT2D eigenvalue weighted by atomic mass is 10.1. The van der Waals surface area contributed by atoms with Crippen LogP contribution in [0.4, 0.5) is 0 Å². The molecule has 22 heavy (non-hydrogen) atoms. The lowest BCUT2D eigenvalue weighted by Gasteiger charge is -1.98. The summed E-state index contributed by atoms with van der Waals surface area (Å²) in [5, 5.41) is 9.94. The summed E-state index contributed by atoms with van der Waals surface area (Å²) in [6.45, 7) is 1.40. The average Bonchev–Trinajstić information content (AvgIpc) is 2.52. The lowest BCUT2D eigenvalue weighted by molar-refractivity contribution is 0.402. The number of benzene rings is 1. The number of aromatic nitrogens is 1. The summed E-state index contributed by atoms with van der Waals surface area (Å²) < 4.78 is 10.3. The minimum Gasteiger partial charge on any atom is -0.493 e. The zero-order valence-corrected chi connectivity index (χ0v) is 11.6. The smallest absolute Gasteiger partial charge is 0.345 e. The van der Waals surface area contributed by atoms with Gasteiger partial charge in [-0.25, -0.2) is 4.79 Å². The first kappa shape index (κ1) is 13.8. The normalized spacial score (nSPS) is 11.3. The van der Waals surface area contributed by atoms with Crippen molar-refractivity contribution < 1.29 is 13.9 Å². The molecule has 0 radical (unpaired) electrons. The summed E-state index contributed by atoms with van der Waals surface area (Å²) >= 11 is 0. The predicted molar refractivity (Wildman–Crippen MR) is 80.6 cm³/mol. The van der Waals surface area contributed by atoms with Gasteiger partial charge < -0.3 is 13.9 Å². The molecule has 0 bridgehead atoms. The molecular weight excluding hydrogens is 286 g/mol. The molecule has 6 heteroatoms. The van der Waals surface area contributed by atoms with Crippen LogP contribution < -0.4 is 11.1 Å². The second kappa shape index (κ2) is 5.33. The number of rotatable bonds is 2. The fraction of sp³-hybridized carbons (Fsp3) is 0.0625. The van der Waals surface area contributed by atoms with E-state index in [4.69, 9.17) is 8.83 Å². The molecule has 0 aliphatic heterocycles. The topological polar surface area (TPSA) is 93.5 Å². The average molecular weight is 297 g/mol. The SMILES string of the molecule is Cc1c(O)nc(C=Cc2coc3ccccc3c2=O)oc1=O. The number of para-hydroxylation sites is 1. The maximum Gasteiger partial charge on any atom is 0.345 e. The first-order chi connectivity index (χ1) is 10.6. The Labute approximate surface area is 124 Å². The van der Waals surface area contributed by atoms with Crippen molar-refractivity contribution in [2.75, 3.05) is 0 Å². The van der Waals surface area contributed by atoms with Gasteiger partial charge in [-0.3, -0.25) is 4.79 Å². The van der Waals surface area contributed by atoms with Gasteiger partial charge in [0.15, 0.2) is 5.43 Å². The van der Waals surface area contributed by atoms with Crippen molar-refractivity contribution >= 4 is 23.1 Å². The van der Waals surface area contributed by atoms with Crippen molar-refractivity contribution in [3.63, 3.8) is 0 Å². The van der Waals surface area contributed by atoms with Gasteiger partial charge in [-0.1, -0.05) is 12.1 Å². The van der Waals surface area contributed by atoms with Gasteiger partial charge >= 0.3 is 5.63 Å². The molecule has 0 aliphatic rings. The Balaban J connectivity index is 2.05. The van der Waals surface area contributed by atoms with Gasteiger partial charge in [-0.05, 0) is 25.1 Å². The fourth-order valence-electron chi connectivity index (χ4n) is 1.91. The quantitative estimate of drug-likeness (QED) is 0.780. The highest BCUT2D eigenvalue weighted by Gasteiger charge is 2.07. The number of hydrogen-bond acceptors (Lipinski definition) is 6. The third kappa shape index (κ3) is 2.42. The summed E-state index contributed by atoms with van der Waals surface area (Å²) in [6, 6.07) is 6.87. The molecule has 0 saturated carbocycles. The van der Waals surface area contributed by atoms with Crippen molar-refractivity contribution in [1.82, 2.24) is 4.98 Å². The molecule has 0 unspecified atom stereocenters. The van der Waals surface area contributed by atoms with E-state index < -0.39 is 11.5 Å². The molecular formula is C16H11NO5. The van der Waals surface area contributed by atoms with Crippen LogP contribution in [0.2, 0.25) is 0 Å². The Bertz CT molecular complexity index is 997. The highest BCUT2D eigenvalue weighted by atomic mass is 16.4. The summed E-state index contributed by atoms with van der Waals surface area (Å²) in [5.41, 5.74) is -0.0950. The maximum absolute atomic E-state index is 12.3. The van der Waals surface area contributed by atoms with Gasteiger partial charge in [0.1, 0.15) is 11.8 Å². The van der Waals surface area contributed by atoms with Gasteiger partial charge in [0.2, 0.25) is 11.8 Å². The van der Waals surface area contributed by atoms with Crippen LogP contribution in [-0.4, -0.2) is 10.1 Å². The Morgan fingerprint density at radius 3 is 2.73 bits per heavy atom. The largest absolute Gasteiger partial charge is 0.493 e. The van der Waals surface area contributed by atoms with E-state index in [1.807, 2.05) is 0 Å². The molecule has 6 nitrogen and oxygen atoms in total. The van der Waals surface area contributed by atoms with Gasteiger partial charge in [-0.15, -0.1) is 0 Å². The number of hydrogen-bond donors (Lipinski definition) is 1. The summed E-state index contributed by atoms with van der Waals surface area (Å²) in [4.78, 5) is 27.4. The van der Waals surface area contributed by atoms with Crippen molar-refractivity contribution in [3.8, 4) is 5.88 Å². The molecule has 2 heterocycles. The number of aromatic hydroxyl groups is 1. The van der Waals surface area contributed by atoms with E-state index in [-0.39, 0.29) is 22.4 Å². The van der Waals surface area contributed by atoms with Gasteiger partial charge in [0.05, 0.1) is 16.5 Å². The Morgan fingerprint density at radius 1 is 1.18 bits per heavy atom. The monoisotopic (exact) mass is 297 g/mol. The Kier molecular flexibility index (Phi) is 3.34. The summed E-state index contributed by atoms with van der Waals surface area (Å²) in [5.74, 6) is -0.498. The highest BCUT2D eigenvalue weighted by Crippen LogP contribution is 2.13. The molecule has 3 rings (SSSR count). The molecule has 1 N–H and O–H groups in total. The van der Waals surface area contributed by atoms with Gasteiger partial charge in [0.25, 0.3) is 0 Å². The lowest BCUT2D eigenvalue weighted by Crippen LogP contribution is -2.06. The summed E-state index contributed by atoms with van der Waals surface area (Å²) in [6.07, 6.45) is 4.05. The van der Waals surface area contributed by atoms with E-state index in [2.05, 4.69) is 4.98 Å². The minimum atomic E-state index is -0.683. The van der Waals surface area contributed by atoms with Crippen molar-refractivity contribution in [2.45, 2.75) is 6.92 Å². The van der Waals surface area contributed by atoms with E-state index >= 15 is 0 Å². The van der Waals surface area contributed by atoms with Crippen LogP contribution in [0.3, 0.4) is 0 Å². The van der Waals surface area contributed by atoms with Crippen molar-refractivity contribution in [1.29, 1.82) is 0 Å². The molecule has 2 aromatic heterocycles.